The van der Waals surface area contributed by atoms with Crippen molar-refractivity contribution in [2.24, 2.45) is 0 Å². The minimum Gasteiger partial charge on any atom is -0.456 e. The average Bonchev–Trinajstić information content (AvgIpc) is 3.99. The number of hydrogen-bond donors (Lipinski definition) is 0. The third-order valence-electron chi connectivity index (χ3n) is 14.4. The molecular weight excluding hydrogens is 787 g/mol. The first-order valence-electron chi connectivity index (χ1n) is 22.6. The van der Waals surface area contributed by atoms with Gasteiger partial charge in [0.1, 0.15) is 11.2 Å². The molecule has 1 heterocycles. The van der Waals surface area contributed by atoms with Crippen LogP contribution in [-0.4, -0.2) is 0 Å². The van der Waals surface area contributed by atoms with Crippen LogP contribution in [0.25, 0.3) is 55.3 Å². The summed E-state index contributed by atoms with van der Waals surface area (Å²) in [6.45, 7) is 2.40. The smallest absolute Gasteiger partial charge is 0.136 e. The molecule has 1 atom stereocenters. The Kier molecular flexibility index (Phi) is 8.29. The van der Waals surface area contributed by atoms with Crippen molar-refractivity contribution in [2.45, 2.75) is 17.8 Å². The molecule has 2 aliphatic rings. The van der Waals surface area contributed by atoms with E-state index in [-0.39, 0.29) is 5.41 Å². The number of benzene rings is 10. The number of anilines is 3. The zero-order valence-electron chi connectivity index (χ0n) is 35.9. The van der Waals surface area contributed by atoms with Gasteiger partial charge in [0.25, 0.3) is 0 Å². The fourth-order valence-corrected chi connectivity index (χ4v) is 11.5. The van der Waals surface area contributed by atoms with Crippen molar-refractivity contribution in [3.8, 4) is 33.4 Å². The Hall–Kier alpha value is -8.20. The van der Waals surface area contributed by atoms with Crippen LogP contribution in [0.2, 0.25) is 0 Å². The highest BCUT2D eigenvalue weighted by Gasteiger charge is 2.46. The summed E-state index contributed by atoms with van der Waals surface area (Å²) in [6.07, 6.45) is 0. The summed E-state index contributed by atoms with van der Waals surface area (Å²) in [4.78, 5) is 2.47. The first-order chi connectivity index (χ1) is 32.1. The highest BCUT2D eigenvalue weighted by atomic mass is 16.3. The molecular formula is C63H43NO. The minimum absolute atomic E-state index is 0.353. The van der Waals surface area contributed by atoms with E-state index >= 15 is 0 Å². The Bertz CT molecular complexity index is 3580. The van der Waals surface area contributed by atoms with E-state index in [9.17, 15) is 0 Å². The molecule has 0 bridgehead atoms. The molecule has 1 aromatic heterocycles. The van der Waals surface area contributed by atoms with Crippen LogP contribution < -0.4 is 4.90 Å². The van der Waals surface area contributed by atoms with Crippen molar-refractivity contribution in [2.75, 3.05) is 4.90 Å². The van der Waals surface area contributed by atoms with E-state index < -0.39 is 5.41 Å². The number of rotatable bonds is 7. The van der Waals surface area contributed by atoms with Crippen LogP contribution in [0, 0.1) is 0 Å². The van der Waals surface area contributed by atoms with Crippen LogP contribution in [0.15, 0.2) is 247 Å². The van der Waals surface area contributed by atoms with Gasteiger partial charge in [-0.25, -0.2) is 0 Å². The standard InChI is InChI=1S/C63H43NO/c1-62(44-19-5-2-6-20-44)56-29-14-11-26-50(56)52-36-33-48(40-58(52)62)64(47-25-17-18-42(38-47)43-32-35-55-54-28-13-16-31-60(54)65-61(55)39-43)49-34-37-53-51-27-12-15-30-57(51)63(59(53)41-49,45-21-7-3-8-22-45)46-23-9-4-10-24-46/h2-41H,1H3. The number of hydrogen-bond acceptors (Lipinski definition) is 2. The lowest BCUT2D eigenvalue weighted by molar-refractivity contribution is 0.669. The first-order valence-corrected chi connectivity index (χ1v) is 22.6. The lowest BCUT2D eigenvalue weighted by atomic mass is 9.67. The molecule has 1 unspecified atom stereocenters. The second-order valence-corrected chi connectivity index (χ2v) is 17.7. The van der Waals surface area contributed by atoms with Gasteiger partial charge in [0, 0.05) is 33.2 Å². The normalized spacial score (nSPS) is 15.3. The summed E-state index contributed by atoms with van der Waals surface area (Å²) in [5, 5.41) is 2.26. The molecule has 2 heteroatoms. The van der Waals surface area contributed by atoms with Crippen LogP contribution in [0.4, 0.5) is 17.1 Å². The summed E-state index contributed by atoms with van der Waals surface area (Å²) in [7, 11) is 0. The molecule has 10 aromatic carbocycles. The second kappa shape index (κ2) is 14.4. The van der Waals surface area contributed by atoms with Gasteiger partial charge in [0.15, 0.2) is 0 Å². The quantitative estimate of drug-likeness (QED) is 0.159. The van der Waals surface area contributed by atoms with E-state index in [1.165, 1.54) is 61.2 Å². The van der Waals surface area contributed by atoms with Crippen LogP contribution in [0.5, 0.6) is 0 Å². The molecule has 2 nitrogen and oxygen atoms in total. The van der Waals surface area contributed by atoms with E-state index in [0.717, 1.165) is 50.1 Å². The van der Waals surface area contributed by atoms with Gasteiger partial charge in [-0.2, -0.15) is 0 Å². The molecule has 0 spiro atoms. The third-order valence-corrected chi connectivity index (χ3v) is 14.4. The molecule has 11 aromatic rings. The maximum absolute atomic E-state index is 6.41. The van der Waals surface area contributed by atoms with Crippen molar-refractivity contribution in [1.29, 1.82) is 0 Å². The Labute approximate surface area is 379 Å². The lowest BCUT2D eigenvalue weighted by Gasteiger charge is -2.35. The van der Waals surface area contributed by atoms with Gasteiger partial charge in [0.05, 0.1) is 5.41 Å². The molecule has 65 heavy (non-hydrogen) atoms. The summed E-state index contributed by atoms with van der Waals surface area (Å²) in [5.41, 5.74) is 20.5. The maximum atomic E-state index is 6.41. The predicted molar refractivity (Wildman–Crippen MR) is 269 cm³/mol. The van der Waals surface area contributed by atoms with E-state index in [1.807, 2.05) is 12.1 Å². The van der Waals surface area contributed by atoms with E-state index in [1.54, 1.807) is 0 Å². The molecule has 2 aliphatic carbocycles. The van der Waals surface area contributed by atoms with Gasteiger partial charge in [-0.15, -0.1) is 0 Å². The van der Waals surface area contributed by atoms with Gasteiger partial charge >= 0.3 is 0 Å². The molecule has 0 radical (unpaired) electrons. The SMILES string of the molecule is CC1(c2ccccc2)c2ccccc2-c2ccc(N(c3cccc(-c4ccc5c(c4)oc4ccccc45)c3)c3ccc4c(c3)C(c3ccccc3)(c3ccccc3)c3ccccc3-4)cc21. The van der Waals surface area contributed by atoms with Crippen LogP contribution in [0.1, 0.15) is 45.9 Å². The molecule has 13 rings (SSSR count). The number of furan rings is 1. The lowest BCUT2D eigenvalue weighted by Crippen LogP contribution is -2.28. The molecule has 0 saturated heterocycles. The van der Waals surface area contributed by atoms with Crippen molar-refractivity contribution in [1.82, 2.24) is 0 Å². The minimum atomic E-state index is -0.536. The highest BCUT2D eigenvalue weighted by Crippen LogP contribution is 2.58. The summed E-state index contributed by atoms with van der Waals surface area (Å²) < 4.78 is 6.41. The fourth-order valence-electron chi connectivity index (χ4n) is 11.5. The fraction of sp³-hybridized carbons (Fsp3) is 0.0476. The number of para-hydroxylation sites is 1. The largest absolute Gasteiger partial charge is 0.456 e. The highest BCUT2D eigenvalue weighted by molar-refractivity contribution is 6.06. The molecule has 0 N–H and O–H groups in total. The van der Waals surface area contributed by atoms with Gasteiger partial charge < -0.3 is 9.32 Å². The molecule has 0 saturated carbocycles. The van der Waals surface area contributed by atoms with Crippen LogP contribution in [0.3, 0.4) is 0 Å². The van der Waals surface area contributed by atoms with Crippen molar-refractivity contribution in [3.05, 3.63) is 282 Å². The molecule has 0 fully saturated rings. The first kappa shape index (κ1) is 37.4. The monoisotopic (exact) mass is 829 g/mol. The van der Waals surface area contributed by atoms with E-state index in [2.05, 4.69) is 242 Å². The molecule has 0 amide bonds. The van der Waals surface area contributed by atoms with Gasteiger partial charge in [-0.05, 0) is 134 Å². The van der Waals surface area contributed by atoms with Crippen molar-refractivity contribution < 1.29 is 4.42 Å². The Balaban J connectivity index is 1.05. The Morgan fingerprint density at radius 2 is 0.831 bits per heavy atom. The van der Waals surface area contributed by atoms with Crippen LogP contribution >= 0.6 is 0 Å². The number of fused-ring (bicyclic) bond motifs is 9. The van der Waals surface area contributed by atoms with Gasteiger partial charge in [-0.3, -0.25) is 0 Å². The zero-order valence-corrected chi connectivity index (χ0v) is 35.9. The summed E-state index contributed by atoms with van der Waals surface area (Å²) in [5.74, 6) is 0. The van der Waals surface area contributed by atoms with E-state index in [0.29, 0.717) is 0 Å². The average molecular weight is 830 g/mol. The predicted octanol–water partition coefficient (Wildman–Crippen LogP) is 16.4. The maximum Gasteiger partial charge on any atom is 0.136 e. The van der Waals surface area contributed by atoms with Crippen molar-refractivity contribution in [3.63, 3.8) is 0 Å². The summed E-state index contributed by atoms with van der Waals surface area (Å²) >= 11 is 0. The molecule has 0 aliphatic heterocycles. The van der Waals surface area contributed by atoms with Crippen LogP contribution in [-0.2, 0) is 10.8 Å². The number of nitrogens with zero attached hydrogens (tertiary/aromatic N) is 1. The topological polar surface area (TPSA) is 16.4 Å². The van der Waals surface area contributed by atoms with Gasteiger partial charge in [0.2, 0.25) is 0 Å². The van der Waals surface area contributed by atoms with Crippen molar-refractivity contribution >= 4 is 39.0 Å². The van der Waals surface area contributed by atoms with Gasteiger partial charge in [-0.1, -0.05) is 188 Å². The summed E-state index contributed by atoms with van der Waals surface area (Å²) in [6, 6.07) is 89.3. The molecule has 306 valence electrons. The van der Waals surface area contributed by atoms with E-state index in [4.69, 9.17) is 4.42 Å². The Morgan fingerprint density at radius 1 is 0.323 bits per heavy atom. The zero-order chi connectivity index (χ0) is 43.1. The Morgan fingerprint density at radius 3 is 1.54 bits per heavy atom. The second-order valence-electron chi connectivity index (χ2n) is 17.7. The third kappa shape index (κ3) is 5.47.